The van der Waals surface area contributed by atoms with E-state index in [-0.39, 0.29) is 30.3 Å². The Morgan fingerprint density at radius 3 is 2.52 bits per heavy atom. The van der Waals surface area contributed by atoms with Gasteiger partial charge in [0, 0.05) is 24.9 Å². The minimum absolute atomic E-state index is 0.112. The van der Waals surface area contributed by atoms with E-state index in [0.717, 1.165) is 18.4 Å². The van der Waals surface area contributed by atoms with Crippen LogP contribution in [0.5, 0.6) is 0 Å². The van der Waals surface area contributed by atoms with Crippen molar-refractivity contribution in [2.75, 3.05) is 0 Å². The third kappa shape index (κ3) is 5.55. The first-order valence-corrected chi connectivity index (χ1v) is 7.44. The third-order valence-electron chi connectivity index (χ3n) is 3.37. The van der Waals surface area contributed by atoms with Gasteiger partial charge in [-0.1, -0.05) is 30.3 Å². The van der Waals surface area contributed by atoms with Gasteiger partial charge in [0.2, 0.25) is 11.8 Å². The van der Waals surface area contributed by atoms with Crippen molar-refractivity contribution >= 4 is 11.8 Å². The van der Waals surface area contributed by atoms with Gasteiger partial charge in [0.1, 0.15) is 6.04 Å². The van der Waals surface area contributed by atoms with Gasteiger partial charge in [0.15, 0.2) is 0 Å². The van der Waals surface area contributed by atoms with Crippen LogP contribution in [0.4, 0.5) is 0 Å². The summed E-state index contributed by atoms with van der Waals surface area (Å²) in [7, 11) is 0. The van der Waals surface area contributed by atoms with Gasteiger partial charge >= 0.3 is 0 Å². The highest BCUT2D eigenvalue weighted by Gasteiger charge is 2.28. The van der Waals surface area contributed by atoms with E-state index in [9.17, 15) is 9.59 Å². The van der Waals surface area contributed by atoms with E-state index in [1.54, 1.807) is 6.92 Å². The molecular weight excluding hydrogens is 266 g/mol. The molecule has 21 heavy (non-hydrogen) atoms. The Bertz CT molecular complexity index is 484. The summed E-state index contributed by atoms with van der Waals surface area (Å²) in [5.74, 6) is -0.295. The molecule has 1 fully saturated rings. The van der Waals surface area contributed by atoms with Crippen molar-refractivity contribution in [1.82, 2.24) is 10.6 Å². The average Bonchev–Trinajstić information content (AvgIpc) is 3.22. The van der Waals surface area contributed by atoms with Crippen molar-refractivity contribution in [1.29, 1.82) is 0 Å². The lowest BCUT2D eigenvalue weighted by Gasteiger charge is -2.19. The van der Waals surface area contributed by atoms with Crippen LogP contribution in [0.2, 0.25) is 0 Å². The molecule has 1 aromatic rings. The zero-order valence-corrected chi connectivity index (χ0v) is 12.3. The molecule has 5 nitrogen and oxygen atoms in total. The van der Waals surface area contributed by atoms with Crippen molar-refractivity contribution in [2.24, 2.45) is 5.73 Å². The summed E-state index contributed by atoms with van der Waals surface area (Å²) >= 11 is 0. The van der Waals surface area contributed by atoms with Crippen LogP contribution in [-0.2, 0) is 16.0 Å². The molecular formula is C16H23N3O2. The van der Waals surface area contributed by atoms with E-state index in [4.69, 9.17) is 5.73 Å². The van der Waals surface area contributed by atoms with Crippen molar-refractivity contribution in [3.05, 3.63) is 35.9 Å². The van der Waals surface area contributed by atoms with Crippen LogP contribution in [0.1, 0.15) is 31.7 Å². The summed E-state index contributed by atoms with van der Waals surface area (Å²) in [6.07, 6.45) is 2.77. The minimum atomic E-state index is -0.542. The van der Waals surface area contributed by atoms with Gasteiger partial charge < -0.3 is 16.4 Å². The number of carbonyl (C=O) groups is 2. The molecule has 0 heterocycles. The molecule has 1 aromatic carbocycles. The molecule has 0 aliphatic heterocycles. The SMILES string of the molecule is CC(N)CC(=O)NC(Cc1ccccc1)C(=O)NC1CC1. The van der Waals surface area contributed by atoms with E-state index < -0.39 is 6.04 Å². The van der Waals surface area contributed by atoms with Gasteiger partial charge in [-0.3, -0.25) is 9.59 Å². The fourth-order valence-corrected chi connectivity index (χ4v) is 2.13. The normalized spacial score (nSPS) is 16.9. The zero-order valence-electron chi connectivity index (χ0n) is 12.3. The highest BCUT2D eigenvalue weighted by atomic mass is 16.2. The average molecular weight is 289 g/mol. The largest absolute Gasteiger partial charge is 0.352 e. The lowest BCUT2D eigenvalue weighted by atomic mass is 10.0. The minimum Gasteiger partial charge on any atom is -0.352 e. The van der Waals surface area contributed by atoms with Gasteiger partial charge in [-0.05, 0) is 25.3 Å². The van der Waals surface area contributed by atoms with Crippen molar-refractivity contribution in [3.63, 3.8) is 0 Å². The lowest BCUT2D eigenvalue weighted by Crippen LogP contribution is -2.49. The molecule has 1 aliphatic carbocycles. The van der Waals surface area contributed by atoms with Gasteiger partial charge in [-0.15, -0.1) is 0 Å². The van der Waals surface area contributed by atoms with Gasteiger partial charge in [0.25, 0.3) is 0 Å². The number of rotatable bonds is 7. The maximum atomic E-state index is 12.3. The van der Waals surface area contributed by atoms with Crippen molar-refractivity contribution < 1.29 is 9.59 Å². The van der Waals surface area contributed by atoms with Gasteiger partial charge in [0.05, 0.1) is 0 Å². The number of carbonyl (C=O) groups excluding carboxylic acids is 2. The van der Waals surface area contributed by atoms with Crippen LogP contribution in [0.3, 0.4) is 0 Å². The van der Waals surface area contributed by atoms with E-state index in [0.29, 0.717) is 6.42 Å². The fraction of sp³-hybridized carbons (Fsp3) is 0.500. The second kappa shape index (κ2) is 7.22. The summed E-state index contributed by atoms with van der Waals surface area (Å²) in [5.41, 5.74) is 6.65. The number of benzene rings is 1. The summed E-state index contributed by atoms with van der Waals surface area (Å²) in [5, 5.41) is 5.75. The number of nitrogens with one attached hydrogen (secondary N) is 2. The zero-order chi connectivity index (χ0) is 15.2. The summed E-state index contributed by atoms with van der Waals surface area (Å²) in [6, 6.07) is 9.21. The molecule has 0 radical (unpaired) electrons. The Morgan fingerprint density at radius 2 is 1.95 bits per heavy atom. The van der Waals surface area contributed by atoms with Crippen molar-refractivity contribution in [3.8, 4) is 0 Å². The Labute approximate surface area is 125 Å². The molecule has 0 bridgehead atoms. The first-order chi connectivity index (χ1) is 10.0. The summed E-state index contributed by atoms with van der Waals surface area (Å²) < 4.78 is 0. The van der Waals surface area contributed by atoms with Gasteiger partial charge in [-0.2, -0.15) is 0 Å². The highest BCUT2D eigenvalue weighted by Crippen LogP contribution is 2.19. The molecule has 0 aromatic heterocycles. The predicted octanol–water partition coefficient (Wildman–Crippen LogP) is 0.730. The standard InChI is InChI=1S/C16H23N3O2/c1-11(17)9-15(20)19-14(16(21)18-13-7-8-13)10-12-5-3-2-4-6-12/h2-6,11,13-14H,7-10,17H2,1H3,(H,18,21)(H,19,20). The third-order valence-corrected chi connectivity index (χ3v) is 3.37. The molecule has 5 heteroatoms. The number of hydrogen-bond acceptors (Lipinski definition) is 3. The maximum Gasteiger partial charge on any atom is 0.243 e. The second-order valence-corrected chi connectivity index (χ2v) is 5.77. The maximum absolute atomic E-state index is 12.3. The Kier molecular flexibility index (Phi) is 5.33. The molecule has 1 saturated carbocycles. The van der Waals surface area contributed by atoms with E-state index in [1.165, 1.54) is 0 Å². The summed E-state index contributed by atoms with van der Waals surface area (Å²) in [4.78, 5) is 24.2. The van der Waals surface area contributed by atoms with E-state index >= 15 is 0 Å². The Morgan fingerprint density at radius 1 is 1.29 bits per heavy atom. The van der Waals surface area contributed by atoms with E-state index in [1.807, 2.05) is 30.3 Å². The first kappa shape index (κ1) is 15.5. The smallest absolute Gasteiger partial charge is 0.243 e. The molecule has 2 unspecified atom stereocenters. The van der Waals surface area contributed by atoms with Crippen LogP contribution in [0.15, 0.2) is 30.3 Å². The molecule has 2 atom stereocenters. The quantitative estimate of drug-likeness (QED) is 0.692. The lowest BCUT2D eigenvalue weighted by molar-refractivity contribution is -0.129. The Balaban J connectivity index is 1.98. The van der Waals surface area contributed by atoms with Gasteiger partial charge in [-0.25, -0.2) is 0 Å². The van der Waals surface area contributed by atoms with Crippen LogP contribution in [0.25, 0.3) is 0 Å². The van der Waals surface area contributed by atoms with Crippen LogP contribution >= 0.6 is 0 Å². The Hall–Kier alpha value is -1.88. The molecule has 4 N–H and O–H groups in total. The molecule has 2 amide bonds. The number of nitrogens with two attached hydrogens (primary N) is 1. The molecule has 114 valence electrons. The van der Waals surface area contributed by atoms with Crippen molar-refractivity contribution in [2.45, 2.75) is 50.7 Å². The van der Waals surface area contributed by atoms with Crippen LogP contribution in [-0.4, -0.2) is 29.9 Å². The molecule has 2 rings (SSSR count). The molecule has 1 aliphatic rings. The second-order valence-electron chi connectivity index (χ2n) is 5.77. The number of amides is 2. The van der Waals surface area contributed by atoms with Crippen LogP contribution < -0.4 is 16.4 Å². The highest BCUT2D eigenvalue weighted by molar-refractivity contribution is 5.88. The van der Waals surface area contributed by atoms with E-state index in [2.05, 4.69) is 10.6 Å². The topological polar surface area (TPSA) is 84.2 Å². The predicted molar refractivity (Wildman–Crippen MR) is 81.5 cm³/mol. The molecule has 0 saturated heterocycles. The summed E-state index contributed by atoms with van der Waals surface area (Å²) in [6.45, 7) is 1.77. The first-order valence-electron chi connectivity index (χ1n) is 7.44. The molecule has 0 spiro atoms. The van der Waals surface area contributed by atoms with Crippen LogP contribution in [0, 0.1) is 0 Å². The fourth-order valence-electron chi connectivity index (χ4n) is 2.13. The monoisotopic (exact) mass is 289 g/mol. The number of hydrogen-bond donors (Lipinski definition) is 3.